The van der Waals surface area contributed by atoms with Crippen molar-refractivity contribution in [3.05, 3.63) is 119 Å². The van der Waals surface area contributed by atoms with Crippen LogP contribution in [0.15, 0.2) is 90.3 Å². The highest BCUT2D eigenvalue weighted by Crippen LogP contribution is 2.41. The molecule has 2 aromatic heterocycles. The van der Waals surface area contributed by atoms with Crippen LogP contribution in [-0.4, -0.2) is 64.5 Å². The third kappa shape index (κ3) is 8.22. The van der Waals surface area contributed by atoms with Crippen molar-refractivity contribution in [2.45, 2.75) is 26.1 Å². The third-order valence-corrected chi connectivity index (χ3v) is 7.63. The number of aromatic amines is 1. The Kier molecular flexibility index (Phi) is 10.7. The van der Waals surface area contributed by atoms with E-state index in [0.29, 0.717) is 17.8 Å². The summed E-state index contributed by atoms with van der Waals surface area (Å²) in [4.78, 5) is 30.3. The number of hydrogen-bond acceptors (Lipinski definition) is 11. The van der Waals surface area contributed by atoms with Crippen LogP contribution in [0.5, 0.6) is 34.8 Å². The quantitative estimate of drug-likeness (QED) is 0.130. The van der Waals surface area contributed by atoms with Crippen molar-refractivity contribution in [2.75, 3.05) is 26.7 Å². The predicted molar refractivity (Wildman–Crippen MR) is 180 cm³/mol. The second-order valence-corrected chi connectivity index (χ2v) is 11.2. The van der Waals surface area contributed by atoms with Crippen LogP contribution in [0.1, 0.15) is 29.3 Å². The zero-order chi connectivity index (χ0) is 35.7. The SMILES string of the molecule is CCOC(=O)C(Cc1cnc[nH]1)Oc1c(F)c(Oc2cccc(C3=NCCN3C)c2)nc(Oc2cc(C#N)ccc2OCc2ccccc2)c1F. The first kappa shape index (κ1) is 34.4. The van der Waals surface area contributed by atoms with E-state index in [0.717, 1.165) is 17.9 Å². The summed E-state index contributed by atoms with van der Waals surface area (Å²) in [5, 5.41) is 9.60. The van der Waals surface area contributed by atoms with Crippen molar-refractivity contribution in [2.24, 2.45) is 4.99 Å². The van der Waals surface area contributed by atoms with Crippen LogP contribution in [0.25, 0.3) is 0 Å². The number of imidazole rings is 1. The fraction of sp³-hybridized carbons (Fsp3) is 0.216. The van der Waals surface area contributed by atoms with E-state index >= 15 is 8.78 Å². The number of aliphatic imine (C=N–C) groups is 1. The lowest BCUT2D eigenvalue weighted by molar-refractivity contribution is -0.151. The number of hydrogen-bond donors (Lipinski definition) is 1. The van der Waals surface area contributed by atoms with Crippen molar-refractivity contribution in [3.63, 3.8) is 0 Å². The van der Waals surface area contributed by atoms with E-state index < -0.39 is 41.2 Å². The largest absolute Gasteiger partial charge is 0.485 e. The number of amidine groups is 1. The van der Waals surface area contributed by atoms with Gasteiger partial charge in [-0.15, -0.1) is 0 Å². The van der Waals surface area contributed by atoms with Gasteiger partial charge in [0.05, 0.1) is 31.1 Å². The Morgan fingerprint density at radius 1 is 1.02 bits per heavy atom. The van der Waals surface area contributed by atoms with Crippen molar-refractivity contribution in [3.8, 4) is 40.8 Å². The lowest BCUT2D eigenvalue weighted by atomic mass is 10.2. The van der Waals surface area contributed by atoms with E-state index in [1.165, 1.54) is 30.7 Å². The molecule has 0 bridgehead atoms. The number of ether oxygens (including phenoxy) is 5. The van der Waals surface area contributed by atoms with Gasteiger partial charge in [-0.1, -0.05) is 42.5 Å². The standard InChI is InChI=1S/C37H32F2N6O6/c1-3-47-37(46)30(18-26-20-41-22-43-26)50-33-31(38)35(49-27-11-7-10-25(17-27)34-42-14-15-45(34)2)44-36(32(33)39)51-29-16-24(19-40)12-13-28(29)48-21-23-8-5-4-6-9-23/h4-13,16-17,20,22,30H,3,14-15,18,21H2,1-2H3,(H,41,43). The second-order valence-electron chi connectivity index (χ2n) is 11.2. The smallest absolute Gasteiger partial charge is 0.347 e. The maximum atomic E-state index is 16.4. The molecule has 1 aliphatic rings. The van der Waals surface area contributed by atoms with Crippen LogP contribution >= 0.6 is 0 Å². The van der Waals surface area contributed by atoms with Crippen LogP contribution in [0.2, 0.25) is 0 Å². The van der Waals surface area contributed by atoms with Crippen molar-refractivity contribution < 1.29 is 37.3 Å². The number of pyridine rings is 1. The lowest BCUT2D eigenvalue weighted by Crippen LogP contribution is -2.32. The average molecular weight is 695 g/mol. The maximum absolute atomic E-state index is 16.4. The minimum Gasteiger partial charge on any atom is -0.485 e. The first-order chi connectivity index (χ1) is 24.8. The average Bonchev–Trinajstić information content (AvgIpc) is 3.83. The number of carbonyl (C=O) groups excluding carboxylic acids is 1. The van der Waals surface area contributed by atoms with Crippen LogP contribution in [0, 0.1) is 23.0 Å². The van der Waals surface area contributed by atoms with Gasteiger partial charge in [-0.2, -0.15) is 19.0 Å². The first-order valence-electron chi connectivity index (χ1n) is 15.9. The van der Waals surface area contributed by atoms with Gasteiger partial charge in [0.25, 0.3) is 11.8 Å². The highest BCUT2D eigenvalue weighted by Gasteiger charge is 2.32. The van der Waals surface area contributed by atoms with E-state index in [2.05, 4.69) is 19.9 Å². The summed E-state index contributed by atoms with van der Waals surface area (Å²) in [5.74, 6) is -5.17. The molecule has 0 aliphatic carbocycles. The zero-order valence-electron chi connectivity index (χ0n) is 27.6. The minimum absolute atomic E-state index is 0.0104. The monoisotopic (exact) mass is 694 g/mol. The molecule has 1 unspecified atom stereocenters. The Balaban J connectivity index is 1.40. The van der Waals surface area contributed by atoms with Crippen LogP contribution in [-0.2, 0) is 22.6 Å². The number of likely N-dealkylation sites (N-methyl/N-ethyl adjacent to an activating group) is 1. The molecule has 5 aromatic rings. The molecule has 0 saturated carbocycles. The second kappa shape index (κ2) is 15.8. The van der Waals surface area contributed by atoms with Crippen LogP contribution < -0.4 is 18.9 Å². The van der Waals surface area contributed by atoms with Crippen molar-refractivity contribution >= 4 is 11.8 Å². The Morgan fingerprint density at radius 2 is 1.82 bits per heavy atom. The summed E-state index contributed by atoms with van der Waals surface area (Å²) in [6, 6.07) is 22.3. The highest BCUT2D eigenvalue weighted by atomic mass is 19.1. The summed E-state index contributed by atoms with van der Waals surface area (Å²) >= 11 is 0. The molecule has 260 valence electrons. The molecule has 3 heterocycles. The molecule has 51 heavy (non-hydrogen) atoms. The number of H-pyrrole nitrogens is 1. The summed E-state index contributed by atoms with van der Waals surface area (Å²) in [6.45, 7) is 3.06. The van der Waals surface area contributed by atoms with Gasteiger partial charge in [0.2, 0.25) is 23.5 Å². The Morgan fingerprint density at radius 3 is 2.53 bits per heavy atom. The van der Waals surface area contributed by atoms with Crippen LogP contribution in [0.4, 0.5) is 8.78 Å². The molecule has 1 aliphatic heterocycles. The molecule has 3 aromatic carbocycles. The summed E-state index contributed by atoms with van der Waals surface area (Å²) in [7, 11) is 1.90. The molecule has 0 amide bonds. The number of nitrogens with zero attached hydrogens (tertiary/aromatic N) is 5. The summed E-state index contributed by atoms with van der Waals surface area (Å²) in [5.41, 5.74) is 2.16. The van der Waals surface area contributed by atoms with Crippen LogP contribution in [0.3, 0.4) is 0 Å². The van der Waals surface area contributed by atoms with Crippen molar-refractivity contribution in [1.29, 1.82) is 5.26 Å². The zero-order valence-corrected chi connectivity index (χ0v) is 27.6. The van der Waals surface area contributed by atoms with Gasteiger partial charge in [0.1, 0.15) is 18.2 Å². The lowest BCUT2D eigenvalue weighted by Gasteiger charge is -2.20. The molecular formula is C37H32F2N6O6. The third-order valence-electron chi connectivity index (χ3n) is 7.63. The molecule has 0 fully saturated rings. The van der Waals surface area contributed by atoms with Gasteiger partial charge < -0.3 is 33.6 Å². The fourth-order valence-electron chi connectivity index (χ4n) is 5.14. The number of benzene rings is 3. The van der Waals surface area contributed by atoms with Gasteiger partial charge in [-0.3, -0.25) is 4.99 Å². The number of esters is 1. The van der Waals surface area contributed by atoms with E-state index in [-0.39, 0.29) is 42.4 Å². The number of halogens is 2. The van der Waals surface area contributed by atoms with Gasteiger partial charge >= 0.3 is 5.97 Å². The predicted octanol–water partition coefficient (Wildman–Crippen LogP) is 6.36. The van der Waals surface area contributed by atoms with Gasteiger partial charge in [0, 0.05) is 43.5 Å². The molecule has 0 radical (unpaired) electrons. The van der Waals surface area contributed by atoms with E-state index in [1.54, 1.807) is 25.1 Å². The van der Waals surface area contributed by atoms with E-state index in [1.807, 2.05) is 54.4 Å². The molecule has 1 atom stereocenters. The Hall–Kier alpha value is -6.49. The molecule has 6 rings (SSSR count). The molecular weight excluding hydrogens is 662 g/mol. The number of carbonyl (C=O) groups is 1. The molecule has 14 heteroatoms. The maximum Gasteiger partial charge on any atom is 0.347 e. The minimum atomic E-state index is -1.51. The van der Waals surface area contributed by atoms with E-state index in [4.69, 9.17) is 23.7 Å². The number of rotatable bonds is 14. The van der Waals surface area contributed by atoms with Gasteiger partial charge in [0.15, 0.2) is 11.5 Å². The fourth-order valence-corrected chi connectivity index (χ4v) is 5.14. The number of nitrogens with one attached hydrogen (secondary N) is 1. The van der Waals surface area contributed by atoms with E-state index in [9.17, 15) is 10.1 Å². The molecule has 12 nitrogen and oxygen atoms in total. The summed E-state index contributed by atoms with van der Waals surface area (Å²) in [6.07, 6.45) is 1.16. The van der Waals surface area contributed by atoms with Gasteiger partial charge in [-0.05, 0) is 36.8 Å². The first-order valence-corrected chi connectivity index (χ1v) is 15.9. The number of aromatic nitrogens is 3. The Bertz CT molecular complexity index is 2070. The van der Waals surface area contributed by atoms with Gasteiger partial charge in [-0.25, -0.2) is 9.78 Å². The summed E-state index contributed by atoms with van der Waals surface area (Å²) < 4.78 is 61.4. The Labute approximate surface area is 291 Å². The molecule has 0 saturated heterocycles. The topological polar surface area (TPSA) is 144 Å². The normalized spacial score (nSPS) is 12.8. The molecule has 1 N–H and O–H groups in total. The molecule has 0 spiro atoms. The van der Waals surface area contributed by atoms with Crippen molar-refractivity contribution in [1.82, 2.24) is 19.9 Å². The number of nitriles is 1. The highest BCUT2D eigenvalue weighted by molar-refractivity contribution is 5.99.